The molecule has 0 bridgehead atoms. The minimum atomic E-state index is 0.397. The summed E-state index contributed by atoms with van der Waals surface area (Å²) in [4.78, 5) is 0. The summed E-state index contributed by atoms with van der Waals surface area (Å²) in [6.45, 7) is 1.98. The van der Waals surface area contributed by atoms with E-state index in [1.54, 1.807) is 7.11 Å². The van der Waals surface area contributed by atoms with Crippen LogP contribution in [-0.4, -0.2) is 23.0 Å². The Balaban J connectivity index is 2.07. The zero-order chi connectivity index (χ0) is 9.42. The summed E-state index contributed by atoms with van der Waals surface area (Å²) in [5, 5.41) is 4.24. The first kappa shape index (κ1) is 8.56. The predicted octanol–water partition coefficient (Wildman–Crippen LogP) is 1.12. The van der Waals surface area contributed by atoms with Crippen molar-refractivity contribution >= 4 is 5.82 Å². The van der Waals surface area contributed by atoms with Crippen molar-refractivity contribution in [2.75, 3.05) is 12.8 Å². The minimum Gasteiger partial charge on any atom is -0.384 e. The number of hydrogen-bond acceptors (Lipinski definition) is 3. The molecule has 0 saturated heterocycles. The van der Waals surface area contributed by atoms with Crippen LogP contribution < -0.4 is 5.73 Å². The van der Waals surface area contributed by atoms with E-state index in [-0.39, 0.29) is 0 Å². The van der Waals surface area contributed by atoms with Gasteiger partial charge in [0.1, 0.15) is 5.82 Å². The van der Waals surface area contributed by atoms with Crippen molar-refractivity contribution in [2.24, 2.45) is 0 Å². The fraction of sp³-hybridized carbons (Fsp3) is 0.667. The van der Waals surface area contributed by atoms with Crippen LogP contribution in [0.4, 0.5) is 5.82 Å². The molecule has 1 saturated carbocycles. The summed E-state index contributed by atoms with van der Waals surface area (Å²) in [5.41, 5.74) is 6.92. The lowest BCUT2D eigenvalue weighted by atomic mass is 9.89. The number of aromatic nitrogens is 2. The first-order valence-corrected chi connectivity index (χ1v) is 4.54. The normalized spacial score (nSPS) is 27.2. The third kappa shape index (κ3) is 1.31. The summed E-state index contributed by atoms with van der Waals surface area (Å²) < 4.78 is 7.11. The van der Waals surface area contributed by atoms with Crippen molar-refractivity contribution in [3.05, 3.63) is 11.8 Å². The molecule has 0 amide bonds. The van der Waals surface area contributed by atoms with Crippen molar-refractivity contribution in [1.29, 1.82) is 0 Å². The maximum atomic E-state index is 5.86. The van der Waals surface area contributed by atoms with E-state index in [0.717, 1.165) is 24.2 Å². The Morgan fingerprint density at radius 2 is 2.31 bits per heavy atom. The molecule has 72 valence electrons. The van der Waals surface area contributed by atoms with Gasteiger partial charge in [-0.05, 0) is 19.8 Å². The Bertz CT molecular complexity index is 302. The molecule has 1 aliphatic carbocycles. The van der Waals surface area contributed by atoms with E-state index >= 15 is 0 Å². The lowest BCUT2D eigenvalue weighted by Gasteiger charge is -2.34. The maximum absolute atomic E-state index is 5.86. The number of nitrogen functional groups attached to an aromatic ring is 1. The van der Waals surface area contributed by atoms with Crippen molar-refractivity contribution in [1.82, 2.24) is 9.78 Å². The molecule has 1 aromatic rings. The number of rotatable bonds is 2. The van der Waals surface area contributed by atoms with Crippen LogP contribution in [0.2, 0.25) is 0 Å². The molecule has 13 heavy (non-hydrogen) atoms. The molecule has 1 heterocycles. The van der Waals surface area contributed by atoms with Gasteiger partial charge in [-0.15, -0.1) is 0 Å². The number of aryl methyl sites for hydroxylation is 1. The van der Waals surface area contributed by atoms with Crippen LogP contribution in [0.5, 0.6) is 0 Å². The van der Waals surface area contributed by atoms with Gasteiger partial charge in [-0.25, -0.2) is 4.68 Å². The Morgan fingerprint density at radius 3 is 2.77 bits per heavy atom. The molecule has 4 heteroatoms. The SMILES string of the molecule is COC1CC(n2ncc(C)c2N)C1. The standard InChI is InChI=1S/C9H15N3O/c1-6-5-11-12(9(6)10)7-3-8(4-7)13-2/h5,7-8H,3-4,10H2,1-2H3. The highest BCUT2D eigenvalue weighted by molar-refractivity contribution is 5.37. The highest BCUT2D eigenvalue weighted by atomic mass is 16.5. The van der Waals surface area contributed by atoms with Gasteiger partial charge in [0.25, 0.3) is 0 Å². The van der Waals surface area contributed by atoms with Crippen molar-refractivity contribution in [2.45, 2.75) is 31.9 Å². The molecule has 2 N–H and O–H groups in total. The van der Waals surface area contributed by atoms with Crippen LogP contribution in [0.1, 0.15) is 24.4 Å². The quantitative estimate of drug-likeness (QED) is 0.744. The van der Waals surface area contributed by atoms with Crippen LogP contribution in [0.3, 0.4) is 0 Å². The Morgan fingerprint density at radius 1 is 1.62 bits per heavy atom. The second kappa shape index (κ2) is 3.03. The fourth-order valence-electron chi connectivity index (χ4n) is 1.68. The molecule has 2 rings (SSSR count). The summed E-state index contributed by atoms with van der Waals surface area (Å²) in [7, 11) is 1.75. The third-order valence-electron chi connectivity index (χ3n) is 2.78. The molecule has 1 aliphatic rings. The van der Waals surface area contributed by atoms with Crippen LogP contribution in [0, 0.1) is 6.92 Å². The molecule has 0 spiro atoms. The van der Waals surface area contributed by atoms with Gasteiger partial charge in [0.2, 0.25) is 0 Å². The zero-order valence-electron chi connectivity index (χ0n) is 8.03. The number of nitrogens with zero attached hydrogens (tertiary/aromatic N) is 2. The Hall–Kier alpha value is -1.03. The van der Waals surface area contributed by atoms with Crippen LogP contribution in [0.25, 0.3) is 0 Å². The summed E-state index contributed by atoms with van der Waals surface area (Å²) in [6.07, 6.45) is 4.27. The van der Waals surface area contributed by atoms with E-state index in [4.69, 9.17) is 10.5 Å². The predicted molar refractivity (Wildman–Crippen MR) is 50.4 cm³/mol. The number of nitrogens with two attached hydrogens (primary N) is 1. The van der Waals surface area contributed by atoms with E-state index < -0.39 is 0 Å². The molecule has 0 aromatic carbocycles. The largest absolute Gasteiger partial charge is 0.384 e. The van der Waals surface area contributed by atoms with E-state index in [0.29, 0.717) is 12.1 Å². The molecule has 1 aromatic heterocycles. The topological polar surface area (TPSA) is 53.1 Å². The molecular formula is C9H15N3O. The van der Waals surface area contributed by atoms with E-state index in [1.807, 2.05) is 17.8 Å². The highest BCUT2D eigenvalue weighted by Crippen LogP contribution is 2.35. The fourth-order valence-corrected chi connectivity index (χ4v) is 1.68. The second-order valence-corrected chi connectivity index (χ2v) is 3.64. The van der Waals surface area contributed by atoms with Gasteiger partial charge in [0.15, 0.2) is 0 Å². The smallest absolute Gasteiger partial charge is 0.124 e. The number of methoxy groups -OCH3 is 1. The van der Waals surface area contributed by atoms with Gasteiger partial charge in [-0.3, -0.25) is 0 Å². The average molecular weight is 181 g/mol. The summed E-state index contributed by atoms with van der Waals surface area (Å²) in [5.74, 6) is 0.791. The van der Waals surface area contributed by atoms with Gasteiger partial charge in [-0.2, -0.15) is 5.10 Å². The Labute approximate surface area is 77.7 Å². The van der Waals surface area contributed by atoms with Crippen LogP contribution in [0.15, 0.2) is 6.20 Å². The van der Waals surface area contributed by atoms with Gasteiger partial charge in [-0.1, -0.05) is 0 Å². The van der Waals surface area contributed by atoms with Gasteiger partial charge in [0, 0.05) is 12.7 Å². The van der Waals surface area contributed by atoms with E-state index in [9.17, 15) is 0 Å². The van der Waals surface area contributed by atoms with Crippen LogP contribution in [-0.2, 0) is 4.74 Å². The van der Waals surface area contributed by atoms with Crippen molar-refractivity contribution in [3.63, 3.8) is 0 Å². The minimum absolute atomic E-state index is 0.397. The average Bonchev–Trinajstić information content (AvgIpc) is 2.34. The number of hydrogen-bond donors (Lipinski definition) is 1. The summed E-state index contributed by atoms with van der Waals surface area (Å²) in [6, 6.07) is 0.443. The first-order valence-electron chi connectivity index (χ1n) is 4.54. The molecule has 4 nitrogen and oxygen atoms in total. The lowest BCUT2D eigenvalue weighted by Crippen LogP contribution is -2.33. The molecular weight excluding hydrogens is 166 g/mol. The Kier molecular flexibility index (Phi) is 2.00. The molecule has 0 radical (unpaired) electrons. The van der Waals surface area contributed by atoms with Crippen molar-refractivity contribution < 1.29 is 4.74 Å². The second-order valence-electron chi connectivity index (χ2n) is 3.64. The molecule has 0 unspecified atom stereocenters. The van der Waals surface area contributed by atoms with E-state index in [1.165, 1.54) is 0 Å². The highest BCUT2D eigenvalue weighted by Gasteiger charge is 2.32. The first-order chi connectivity index (χ1) is 6.22. The molecule has 1 fully saturated rings. The van der Waals surface area contributed by atoms with Gasteiger partial charge < -0.3 is 10.5 Å². The lowest BCUT2D eigenvalue weighted by molar-refractivity contribution is 0.00321. The van der Waals surface area contributed by atoms with Gasteiger partial charge in [0.05, 0.1) is 18.3 Å². The van der Waals surface area contributed by atoms with E-state index in [2.05, 4.69) is 5.10 Å². The number of anilines is 1. The monoisotopic (exact) mass is 181 g/mol. The van der Waals surface area contributed by atoms with Crippen LogP contribution >= 0.6 is 0 Å². The zero-order valence-corrected chi connectivity index (χ0v) is 8.03. The maximum Gasteiger partial charge on any atom is 0.124 e. The molecule has 0 aliphatic heterocycles. The number of ether oxygens (including phenoxy) is 1. The summed E-state index contributed by atoms with van der Waals surface area (Å²) >= 11 is 0. The van der Waals surface area contributed by atoms with Crippen molar-refractivity contribution in [3.8, 4) is 0 Å². The third-order valence-corrected chi connectivity index (χ3v) is 2.78. The van der Waals surface area contributed by atoms with Gasteiger partial charge >= 0.3 is 0 Å². The molecule has 0 atom stereocenters.